The number of hydrogen-bond acceptors (Lipinski definition) is 3. The molecule has 1 unspecified atom stereocenters. The third-order valence-corrected chi connectivity index (χ3v) is 3.78. The molecule has 20 heavy (non-hydrogen) atoms. The molecule has 0 radical (unpaired) electrons. The van der Waals surface area contributed by atoms with Crippen LogP contribution in [-0.2, 0) is 4.79 Å². The van der Waals surface area contributed by atoms with Crippen LogP contribution in [0.25, 0.3) is 0 Å². The molecule has 2 rings (SSSR count). The zero-order valence-electron chi connectivity index (χ0n) is 11.6. The van der Waals surface area contributed by atoms with Gasteiger partial charge in [0.05, 0.1) is 5.56 Å². The number of carbonyl (C=O) groups is 2. The lowest BCUT2D eigenvalue weighted by atomic mass is 10.0. The van der Waals surface area contributed by atoms with Gasteiger partial charge in [0, 0.05) is 12.1 Å². The molecule has 1 atom stereocenters. The van der Waals surface area contributed by atoms with Crippen molar-refractivity contribution in [3.63, 3.8) is 0 Å². The van der Waals surface area contributed by atoms with Crippen LogP contribution in [0.1, 0.15) is 35.2 Å². The van der Waals surface area contributed by atoms with Crippen LogP contribution in [0.3, 0.4) is 0 Å². The van der Waals surface area contributed by atoms with Crippen molar-refractivity contribution in [2.45, 2.75) is 26.2 Å². The maximum Gasteiger partial charge on any atom is 0.336 e. The van der Waals surface area contributed by atoms with Gasteiger partial charge in [0.2, 0.25) is 5.91 Å². The smallest absolute Gasteiger partial charge is 0.336 e. The predicted molar refractivity (Wildman–Crippen MR) is 77.0 cm³/mol. The fourth-order valence-corrected chi connectivity index (χ4v) is 2.51. The van der Waals surface area contributed by atoms with E-state index in [1.165, 1.54) is 6.07 Å². The van der Waals surface area contributed by atoms with Crippen molar-refractivity contribution in [2.24, 2.45) is 5.92 Å². The Balaban J connectivity index is 1.93. The van der Waals surface area contributed by atoms with Gasteiger partial charge in [-0.3, -0.25) is 4.79 Å². The van der Waals surface area contributed by atoms with Crippen LogP contribution in [0.4, 0.5) is 5.69 Å². The second-order valence-electron chi connectivity index (χ2n) is 5.23. The summed E-state index contributed by atoms with van der Waals surface area (Å²) in [6.07, 6.45) is 2.47. The third-order valence-electron chi connectivity index (χ3n) is 3.78. The summed E-state index contributed by atoms with van der Waals surface area (Å²) < 4.78 is 0. The van der Waals surface area contributed by atoms with Crippen LogP contribution in [0.5, 0.6) is 0 Å². The number of carbonyl (C=O) groups excluding carboxylic acids is 1. The summed E-state index contributed by atoms with van der Waals surface area (Å²) >= 11 is 0. The second-order valence-corrected chi connectivity index (χ2v) is 5.23. The molecule has 1 amide bonds. The Morgan fingerprint density at radius 3 is 2.90 bits per heavy atom. The van der Waals surface area contributed by atoms with Crippen LogP contribution in [0.2, 0.25) is 0 Å². The minimum Gasteiger partial charge on any atom is -0.478 e. The molecule has 1 aromatic carbocycles. The van der Waals surface area contributed by atoms with E-state index in [1.807, 2.05) is 0 Å². The number of anilines is 1. The largest absolute Gasteiger partial charge is 0.478 e. The highest BCUT2D eigenvalue weighted by molar-refractivity contribution is 5.96. The number of benzene rings is 1. The summed E-state index contributed by atoms with van der Waals surface area (Å²) in [5, 5.41) is 15.1. The molecule has 1 aliphatic heterocycles. The first kappa shape index (κ1) is 14.5. The Morgan fingerprint density at radius 1 is 1.45 bits per heavy atom. The lowest BCUT2D eigenvalue weighted by molar-refractivity contribution is -0.116. The molecule has 5 heteroatoms. The first-order valence-electron chi connectivity index (χ1n) is 6.91. The van der Waals surface area contributed by atoms with Crippen LogP contribution >= 0.6 is 0 Å². The summed E-state index contributed by atoms with van der Waals surface area (Å²) in [5.41, 5.74) is 1.40. The van der Waals surface area contributed by atoms with Gasteiger partial charge in [-0.05, 0) is 56.5 Å². The summed E-state index contributed by atoms with van der Waals surface area (Å²) in [4.78, 5) is 23.0. The molecule has 1 aliphatic rings. The average molecular weight is 276 g/mol. The van der Waals surface area contributed by atoms with Gasteiger partial charge in [-0.15, -0.1) is 0 Å². The quantitative estimate of drug-likeness (QED) is 0.769. The Bertz CT molecular complexity index is 508. The standard InChI is InChI=1S/C15H20N2O3/c1-10-12(15(19)20)3-2-4-13(10)17-14(18)6-5-11-7-8-16-9-11/h2-4,11,16H,5-9H2,1H3,(H,17,18)(H,19,20). The Kier molecular flexibility index (Phi) is 4.74. The fraction of sp³-hybridized carbons (Fsp3) is 0.467. The van der Waals surface area contributed by atoms with Crippen molar-refractivity contribution in [3.05, 3.63) is 29.3 Å². The highest BCUT2D eigenvalue weighted by Crippen LogP contribution is 2.20. The number of aromatic carboxylic acids is 1. The summed E-state index contributed by atoms with van der Waals surface area (Å²) in [6.45, 7) is 3.73. The summed E-state index contributed by atoms with van der Waals surface area (Å²) in [6, 6.07) is 4.92. The molecule has 0 saturated carbocycles. The van der Waals surface area contributed by atoms with Gasteiger partial charge in [-0.2, -0.15) is 0 Å². The summed E-state index contributed by atoms with van der Waals surface area (Å²) in [7, 11) is 0. The Morgan fingerprint density at radius 2 is 2.25 bits per heavy atom. The highest BCUT2D eigenvalue weighted by atomic mass is 16.4. The number of nitrogens with one attached hydrogen (secondary N) is 2. The van der Waals surface area contributed by atoms with E-state index in [-0.39, 0.29) is 11.5 Å². The SMILES string of the molecule is Cc1c(NC(=O)CCC2CCNC2)cccc1C(=O)O. The van der Waals surface area contributed by atoms with Gasteiger partial charge in [0.1, 0.15) is 0 Å². The maximum atomic E-state index is 11.9. The number of hydrogen-bond donors (Lipinski definition) is 3. The van der Waals surface area contributed by atoms with Gasteiger partial charge in [0.15, 0.2) is 0 Å². The van der Waals surface area contributed by atoms with Crippen LogP contribution in [0.15, 0.2) is 18.2 Å². The minimum absolute atomic E-state index is 0.0532. The number of carboxylic acid groups (broad SMARTS) is 1. The first-order valence-corrected chi connectivity index (χ1v) is 6.91. The van der Waals surface area contributed by atoms with Crippen molar-refractivity contribution in [1.29, 1.82) is 0 Å². The Labute approximate surface area is 118 Å². The molecule has 1 heterocycles. The van der Waals surface area contributed by atoms with Crippen molar-refractivity contribution in [1.82, 2.24) is 5.32 Å². The van der Waals surface area contributed by atoms with E-state index in [0.717, 1.165) is 25.9 Å². The Hall–Kier alpha value is -1.88. The molecular formula is C15H20N2O3. The van der Waals surface area contributed by atoms with Gasteiger partial charge < -0.3 is 15.7 Å². The van der Waals surface area contributed by atoms with E-state index >= 15 is 0 Å². The zero-order valence-corrected chi connectivity index (χ0v) is 11.6. The first-order chi connectivity index (χ1) is 9.58. The average Bonchev–Trinajstić information content (AvgIpc) is 2.91. The zero-order chi connectivity index (χ0) is 14.5. The molecule has 108 valence electrons. The van der Waals surface area contributed by atoms with Crippen LogP contribution in [0, 0.1) is 12.8 Å². The van der Waals surface area contributed by atoms with Crippen LogP contribution < -0.4 is 10.6 Å². The molecule has 0 aromatic heterocycles. The molecule has 1 saturated heterocycles. The number of carboxylic acids is 1. The monoisotopic (exact) mass is 276 g/mol. The topological polar surface area (TPSA) is 78.4 Å². The van der Waals surface area contributed by atoms with E-state index < -0.39 is 5.97 Å². The van der Waals surface area contributed by atoms with E-state index in [9.17, 15) is 9.59 Å². The van der Waals surface area contributed by atoms with Gasteiger partial charge in [-0.1, -0.05) is 6.07 Å². The second kappa shape index (κ2) is 6.52. The lowest BCUT2D eigenvalue weighted by Crippen LogP contribution is -2.16. The van der Waals surface area contributed by atoms with Gasteiger partial charge >= 0.3 is 5.97 Å². The minimum atomic E-state index is -0.976. The number of amides is 1. The lowest BCUT2D eigenvalue weighted by Gasteiger charge is -2.11. The predicted octanol–water partition coefficient (Wildman–Crippen LogP) is 2.02. The molecule has 0 spiro atoms. The highest BCUT2D eigenvalue weighted by Gasteiger charge is 2.16. The van der Waals surface area contributed by atoms with Crippen LogP contribution in [-0.4, -0.2) is 30.1 Å². The number of rotatable bonds is 5. The van der Waals surface area contributed by atoms with Gasteiger partial charge in [0.25, 0.3) is 0 Å². The van der Waals surface area contributed by atoms with Crippen molar-refractivity contribution in [2.75, 3.05) is 18.4 Å². The molecule has 0 aliphatic carbocycles. The molecular weight excluding hydrogens is 256 g/mol. The molecule has 0 bridgehead atoms. The third kappa shape index (κ3) is 3.57. The molecule has 3 N–H and O–H groups in total. The van der Waals surface area contributed by atoms with Crippen molar-refractivity contribution >= 4 is 17.6 Å². The van der Waals surface area contributed by atoms with E-state index in [2.05, 4.69) is 10.6 Å². The molecule has 1 aromatic rings. The van der Waals surface area contributed by atoms with Gasteiger partial charge in [-0.25, -0.2) is 4.79 Å². The maximum absolute atomic E-state index is 11.9. The normalized spacial score (nSPS) is 17.9. The molecule has 5 nitrogen and oxygen atoms in total. The van der Waals surface area contributed by atoms with Crippen molar-refractivity contribution < 1.29 is 14.7 Å². The molecule has 1 fully saturated rings. The van der Waals surface area contributed by atoms with E-state index in [1.54, 1.807) is 19.1 Å². The fourth-order valence-electron chi connectivity index (χ4n) is 2.51. The van der Waals surface area contributed by atoms with Crippen molar-refractivity contribution in [3.8, 4) is 0 Å². The van der Waals surface area contributed by atoms with E-state index in [4.69, 9.17) is 5.11 Å². The van der Waals surface area contributed by atoms with E-state index in [0.29, 0.717) is 23.6 Å². The summed E-state index contributed by atoms with van der Waals surface area (Å²) in [5.74, 6) is -0.453.